The summed E-state index contributed by atoms with van der Waals surface area (Å²) in [5.74, 6) is 0.138. The van der Waals surface area contributed by atoms with Gasteiger partial charge in [-0.2, -0.15) is 0 Å². The Morgan fingerprint density at radius 1 is 1.47 bits per heavy atom. The molecule has 3 nitrogen and oxygen atoms in total. The highest BCUT2D eigenvalue weighted by Crippen LogP contribution is 2.21. The zero-order valence-electron chi connectivity index (χ0n) is 11.4. The molecule has 19 heavy (non-hydrogen) atoms. The van der Waals surface area contributed by atoms with E-state index >= 15 is 0 Å². The number of hydrogen-bond donors (Lipinski definition) is 2. The number of nitrogens with zero attached hydrogens (tertiary/aromatic N) is 1. The van der Waals surface area contributed by atoms with Gasteiger partial charge in [-0.25, -0.2) is 4.39 Å². The number of piperidine rings is 1. The molecule has 0 spiro atoms. The van der Waals surface area contributed by atoms with Crippen LogP contribution in [0.3, 0.4) is 0 Å². The maximum atomic E-state index is 13.6. The van der Waals surface area contributed by atoms with Crippen LogP contribution in [0.1, 0.15) is 31.4 Å². The van der Waals surface area contributed by atoms with Gasteiger partial charge in [-0.05, 0) is 31.4 Å². The first-order valence-corrected chi connectivity index (χ1v) is 6.98. The predicted octanol–water partition coefficient (Wildman–Crippen LogP) is 1.92. The third-order valence-corrected chi connectivity index (χ3v) is 4.06. The number of rotatable bonds is 4. The van der Waals surface area contributed by atoms with E-state index in [0.29, 0.717) is 24.4 Å². The van der Waals surface area contributed by atoms with Gasteiger partial charge in [0.05, 0.1) is 6.10 Å². The van der Waals surface area contributed by atoms with Crippen molar-refractivity contribution in [1.82, 2.24) is 4.90 Å². The molecule has 1 heterocycles. The number of likely N-dealkylation sites (tertiary alicyclic amines) is 1. The minimum absolute atomic E-state index is 0.234. The summed E-state index contributed by atoms with van der Waals surface area (Å²) in [4.78, 5) is 2.21. The van der Waals surface area contributed by atoms with Crippen molar-refractivity contribution in [1.29, 1.82) is 0 Å². The molecule has 3 atom stereocenters. The highest BCUT2D eigenvalue weighted by Gasteiger charge is 2.24. The summed E-state index contributed by atoms with van der Waals surface area (Å²) >= 11 is 0. The molecule has 3 N–H and O–H groups in total. The first kappa shape index (κ1) is 14.4. The van der Waals surface area contributed by atoms with Crippen molar-refractivity contribution >= 4 is 0 Å². The van der Waals surface area contributed by atoms with Crippen molar-refractivity contribution in [2.75, 3.05) is 19.6 Å². The molecular formula is C15H23FN2O. The van der Waals surface area contributed by atoms with Gasteiger partial charge in [-0.3, -0.25) is 0 Å². The molecule has 0 bridgehead atoms. The Morgan fingerprint density at radius 2 is 2.21 bits per heavy atom. The molecule has 0 radical (unpaired) electrons. The molecule has 1 fully saturated rings. The average molecular weight is 266 g/mol. The van der Waals surface area contributed by atoms with Gasteiger partial charge in [0.1, 0.15) is 5.82 Å². The van der Waals surface area contributed by atoms with Gasteiger partial charge in [-0.15, -0.1) is 0 Å². The van der Waals surface area contributed by atoms with Crippen LogP contribution in [-0.2, 0) is 0 Å². The minimum Gasteiger partial charge on any atom is -0.392 e. The summed E-state index contributed by atoms with van der Waals surface area (Å²) in [6.07, 6.45) is 1.47. The fourth-order valence-corrected chi connectivity index (χ4v) is 2.57. The Labute approximate surface area is 114 Å². The quantitative estimate of drug-likeness (QED) is 0.875. The second kappa shape index (κ2) is 6.46. The van der Waals surface area contributed by atoms with Gasteiger partial charge in [0.2, 0.25) is 0 Å². The maximum Gasteiger partial charge on any atom is 0.127 e. The second-order valence-corrected chi connectivity index (χ2v) is 5.55. The van der Waals surface area contributed by atoms with E-state index in [-0.39, 0.29) is 18.0 Å². The highest BCUT2D eigenvalue weighted by molar-refractivity contribution is 5.20. The Balaban J connectivity index is 1.84. The fraction of sp³-hybridized carbons (Fsp3) is 0.600. The molecule has 0 aliphatic carbocycles. The van der Waals surface area contributed by atoms with Crippen LogP contribution in [0, 0.1) is 11.7 Å². The number of aliphatic hydroxyl groups is 1. The summed E-state index contributed by atoms with van der Waals surface area (Å²) in [6, 6.07) is 6.39. The Hall–Kier alpha value is -0.970. The Bertz CT molecular complexity index is 413. The van der Waals surface area contributed by atoms with Crippen molar-refractivity contribution in [3.05, 3.63) is 35.6 Å². The zero-order chi connectivity index (χ0) is 13.8. The molecule has 4 heteroatoms. The fourth-order valence-electron chi connectivity index (χ4n) is 2.57. The number of nitrogens with two attached hydrogens (primary N) is 1. The molecule has 3 unspecified atom stereocenters. The van der Waals surface area contributed by atoms with E-state index in [1.54, 1.807) is 12.1 Å². The lowest BCUT2D eigenvalue weighted by atomic mass is 9.95. The molecule has 1 aliphatic rings. The zero-order valence-corrected chi connectivity index (χ0v) is 11.4. The molecular weight excluding hydrogens is 243 g/mol. The van der Waals surface area contributed by atoms with Crippen molar-refractivity contribution in [3.63, 3.8) is 0 Å². The Morgan fingerprint density at radius 3 is 2.89 bits per heavy atom. The van der Waals surface area contributed by atoms with Gasteiger partial charge in [-0.1, -0.05) is 25.1 Å². The highest BCUT2D eigenvalue weighted by atomic mass is 19.1. The van der Waals surface area contributed by atoms with Gasteiger partial charge in [0, 0.05) is 24.7 Å². The molecule has 0 saturated carbocycles. The first-order chi connectivity index (χ1) is 9.08. The van der Waals surface area contributed by atoms with Crippen LogP contribution in [0.4, 0.5) is 4.39 Å². The molecule has 1 aromatic carbocycles. The van der Waals surface area contributed by atoms with Crippen LogP contribution in [-0.4, -0.2) is 35.7 Å². The molecule has 1 saturated heterocycles. The SMILES string of the molecule is CC1CCN(CCC(N)c2ccccc2F)CC1O. The minimum atomic E-state index is -0.280. The van der Waals surface area contributed by atoms with Crippen molar-refractivity contribution in [2.45, 2.75) is 31.9 Å². The predicted molar refractivity (Wildman–Crippen MR) is 74.2 cm³/mol. The molecule has 2 rings (SSSR count). The number of hydrogen-bond acceptors (Lipinski definition) is 3. The number of halogens is 1. The topological polar surface area (TPSA) is 49.5 Å². The maximum absolute atomic E-state index is 13.6. The average Bonchev–Trinajstić information content (AvgIpc) is 2.40. The van der Waals surface area contributed by atoms with Crippen LogP contribution in [0.25, 0.3) is 0 Å². The summed E-state index contributed by atoms with van der Waals surface area (Å²) < 4.78 is 13.6. The van der Waals surface area contributed by atoms with Crippen LogP contribution in [0.15, 0.2) is 24.3 Å². The first-order valence-electron chi connectivity index (χ1n) is 6.98. The largest absolute Gasteiger partial charge is 0.392 e. The molecule has 0 amide bonds. The van der Waals surface area contributed by atoms with E-state index in [4.69, 9.17) is 5.73 Å². The lowest BCUT2D eigenvalue weighted by molar-refractivity contribution is 0.0281. The van der Waals surface area contributed by atoms with E-state index < -0.39 is 0 Å². The van der Waals surface area contributed by atoms with E-state index in [1.807, 2.05) is 6.07 Å². The number of aliphatic hydroxyl groups excluding tert-OH is 1. The molecule has 106 valence electrons. The summed E-state index contributed by atoms with van der Waals surface area (Å²) in [6.45, 7) is 4.57. The smallest absolute Gasteiger partial charge is 0.127 e. The number of β-amino-alcohol motifs (C(OH)–C–C–N with tert-alkyl or cyclic N) is 1. The monoisotopic (exact) mass is 266 g/mol. The van der Waals surface area contributed by atoms with E-state index in [9.17, 15) is 9.50 Å². The van der Waals surface area contributed by atoms with Crippen molar-refractivity contribution < 1.29 is 9.50 Å². The van der Waals surface area contributed by atoms with Crippen LogP contribution < -0.4 is 5.73 Å². The molecule has 0 aromatic heterocycles. The third-order valence-electron chi connectivity index (χ3n) is 4.06. The van der Waals surface area contributed by atoms with Crippen LogP contribution >= 0.6 is 0 Å². The lowest BCUT2D eigenvalue weighted by Crippen LogP contribution is -2.43. The normalized spacial score (nSPS) is 26.3. The van der Waals surface area contributed by atoms with Gasteiger partial charge in [0.25, 0.3) is 0 Å². The lowest BCUT2D eigenvalue weighted by Gasteiger charge is -2.34. The summed E-state index contributed by atoms with van der Waals surface area (Å²) in [5, 5.41) is 9.84. The molecule has 1 aliphatic heterocycles. The van der Waals surface area contributed by atoms with Crippen molar-refractivity contribution in [2.24, 2.45) is 11.7 Å². The van der Waals surface area contributed by atoms with Crippen LogP contribution in [0.2, 0.25) is 0 Å². The van der Waals surface area contributed by atoms with E-state index in [1.165, 1.54) is 6.07 Å². The summed E-state index contributed by atoms with van der Waals surface area (Å²) in [5.41, 5.74) is 6.62. The van der Waals surface area contributed by atoms with Gasteiger partial charge in [0.15, 0.2) is 0 Å². The van der Waals surface area contributed by atoms with Crippen LogP contribution in [0.5, 0.6) is 0 Å². The number of benzene rings is 1. The summed E-state index contributed by atoms with van der Waals surface area (Å²) in [7, 11) is 0. The standard InChI is InChI=1S/C15H23FN2O/c1-11-6-8-18(10-15(11)19)9-7-14(17)12-4-2-3-5-13(12)16/h2-5,11,14-15,19H,6-10,17H2,1H3. The van der Waals surface area contributed by atoms with E-state index in [0.717, 1.165) is 19.5 Å². The van der Waals surface area contributed by atoms with Gasteiger partial charge < -0.3 is 15.7 Å². The third kappa shape index (κ3) is 3.75. The Kier molecular flexibility index (Phi) is 4.91. The molecule has 1 aromatic rings. The second-order valence-electron chi connectivity index (χ2n) is 5.55. The van der Waals surface area contributed by atoms with E-state index in [2.05, 4.69) is 11.8 Å². The van der Waals surface area contributed by atoms with Crippen molar-refractivity contribution in [3.8, 4) is 0 Å². The van der Waals surface area contributed by atoms with Gasteiger partial charge >= 0.3 is 0 Å².